The van der Waals surface area contributed by atoms with Gasteiger partial charge in [0.25, 0.3) is 0 Å². The van der Waals surface area contributed by atoms with E-state index in [-0.39, 0.29) is 5.95 Å². The van der Waals surface area contributed by atoms with Gasteiger partial charge in [-0.15, -0.1) is 0 Å². The predicted molar refractivity (Wildman–Crippen MR) is 82.2 cm³/mol. The van der Waals surface area contributed by atoms with Crippen molar-refractivity contribution in [3.05, 3.63) is 36.9 Å². The number of rotatable bonds is 2. The Balaban J connectivity index is 2.29. The average Bonchev–Trinajstić information content (AvgIpc) is 2.77. The minimum Gasteiger partial charge on any atom is -0.368 e. The van der Waals surface area contributed by atoms with Gasteiger partial charge in [0.05, 0.1) is 17.4 Å². The summed E-state index contributed by atoms with van der Waals surface area (Å²) in [7, 11) is 1.59. The number of nitrogens with two attached hydrogens (primary N) is 1. The number of hydrogen-bond acceptors (Lipinski definition) is 5. The van der Waals surface area contributed by atoms with E-state index in [1.807, 2.05) is 24.5 Å². The van der Waals surface area contributed by atoms with E-state index in [1.54, 1.807) is 21.5 Å². The molecule has 3 rings (SSSR count). The van der Waals surface area contributed by atoms with Crippen molar-refractivity contribution in [2.45, 2.75) is 0 Å². The molecule has 0 aliphatic rings. The van der Waals surface area contributed by atoms with Crippen LogP contribution < -0.4 is 5.73 Å². The number of nitrogen functional groups attached to an aromatic ring is 1. The highest BCUT2D eigenvalue weighted by Gasteiger charge is 2.11. The number of pyridine rings is 1. The summed E-state index contributed by atoms with van der Waals surface area (Å²) in [6.45, 7) is 0. The van der Waals surface area contributed by atoms with Gasteiger partial charge in [-0.2, -0.15) is 0 Å². The molecule has 3 aromatic rings. The maximum absolute atomic E-state index is 5.63. The molecular formula is C11H8IN5S. The molecule has 90 valence electrons. The van der Waals surface area contributed by atoms with E-state index in [4.69, 9.17) is 5.73 Å². The van der Waals surface area contributed by atoms with Gasteiger partial charge in [-0.3, -0.25) is 8.96 Å². The Morgan fingerprint density at radius 3 is 2.94 bits per heavy atom. The first-order valence-electron chi connectivity index (χ1n) is 5.12. The molecule has 3 aromatic heterocycles. The lowest BCUT2D eigenvalue weighted by Gasteiger charge is -1.98. The summed E-state index contributed by atoms with van der Waals surface area (Å²) < 4.78 is 2.05. The van der Waals surface area contributed by atoms with Gasteiger partial charge in [0.1, 0.15) is 0 Å². The summed E-state index contributed by atoms with van der Waals surface area (Å²) in [5.41, 5.74) is 8.55. The number of hydrogen-bond donors (Lipinski definition) is 1. The van der Waals surface area contributed by atoms with E-state index in [0.29, 0.717) is 0 Å². The van der Waals surface area contributed by atoms with E-state index < -0.39 is 0 Å². The van der Waals surface area contributed by atoms with Gasteiger partial charge < -0.3 is 5.73 Å². The second kappa shape index (κ2) is 4.73. The Bertz CT molecular complexity index is 711. The van der Waals surface area contributed by atoms with Crippen LogP contribution in [0.25, 0.3) is 22.2 Å². The molecule has 0 fully saturated rings. The summed E-state index contributed by atoms with van der Waals surface area (Å²) in [4.78, 5) is 12.3. The fourth-order valence-corrected chi connectivity index (χ4v) is 3.17. The van der Waals surface area contributed by atoms with Gasteiger partial charge in [-0.25, -0.2) is 9.97 Å². The van der Waals surface area contributed by atoms with Crippen molar-refractivity contribution < 1.29 is 0 Å². The van der Waals surface area contributed by atoms with E-state index >= 15 is 0 Å². The van der Waals surface area contributed by atoms with Crippen LogP contribution in [0.15, 0.2) is 36.9 Å². The van der Waals surface area contributed by atoms with Gasteiger partial charge in [0.15, 0.2) is 0 Å². The molecule has 0 aliphatic heterocycles. The first kappa shape index (κ1) is 11.7. The maximum atomic E-state index is 5.63. The topological polar surface area (TPSA) is 69.6 Å². The van der Waals surface area contributed by atoms with Crippen molar-refractivity contribution in [3.8, 4) is 11.3 Å². The Kier molecular flexibility index (Phi) is 3.08. The number of aromatic nitrogens is 4. The van der Waals surface area contributed by atoms with Gasteiger partial charge in [0.2, 0.25) is 5.95 Å². The van der Waals surface area contributed by atoms with Crippen molar-refractivity contribution in [3.63, 3.8) is 0 Å². The van der Waals surface area contributed by atoms with Crippen molar-refractivity contribution in [1.29, 1.82) is 0 Å². The molecule has 0 spiro atoms. The van der Waals surface area contributed by atoms with Crippen molar-refractivity contribution in [2.24, 2.45) is 0 Å². The molecule has 7 heteroatoms. The number of nitrogens with zero attached hydrogens (tertiary/aromatic N) is 4. The molecule has 0 atom stereocenters. The summed E-state index contributed by atoms with van der Waals surface area (Å²) in [5.74, 6) is 0.282. The van der Waals surface area contributed by atoms with Crippen LogP contribution in [0.2, 0.25) is 0 Å². The fraction of sp³-hybridized carbons (Fsp3) is 0. The molecule has 3 heterocycles. The standard InChI is InChI=1S/C11H8IN5S/c12-18-17-6-8(7-1-3-14-5-10(7)17)9-2-4-15-11(13)16-9/h1-6H,(H2,13,15,16). The number of anilines is 1. The largest absolute Gasteiger partial charge is 0.368 e. The van der Waals surface area contributed by atoms with Crippen LogP contribution in [-0.4, -0.2) is 18.9 Å². The highest BCUT2D eigenvalue weighted by Crippen LogP contribution is 2.33. The van der Waals surface area contributed by atoms with Crippen LogP contribution >= 0.6 is 30.3 Å². The minimum absolute atomic E-state index is 0.282. The molecule has 0 saturated carbocycles. The molecule has 0 saturated heterocycles. The number of halogens is 1. The first-order chi connectivity index (χ1) is 8.79. The lowest BCUT2D eigenvalue weighted by Crippen LogP contribution is -1.94. The maximum Gasteiger partial charge on any atom is 0.220 e. The molecule has 0 amide bonds. The quantitative estimate of drug-likeness (QED) is 0.704. The second-order valence-corrected chi connectivity index (χ2v) is 5.34. The molecule has 18 heavy (non-hydrogen) atoms. The third kappa shape index (κ3) is 1.93. The highest BCUT2D eigenvalue weighted by atomic mass is 127. The van der Waals surface area contributed by atoms with E-state index in [1.165, 1.54) is 0 Å². The summed E-state index contributed by atoms with van der Waals surface area (Å²) in [5, 5.41) is 1.10. The second-order valence-electron chi connectivity index (χ2n) is 3.63. The predicted octanol–water partition coefficient (Wildman–Crippen LogP) is 2.92. The highest BCUT2D eigenvalue weighted by molar-refractivity contribution is 14.2. The van der Waals surface area contributed by atoms with E-state index in [2.05, 4.69) is 40.1 Å². The van der Waals surface area contributed by atoms with E-state index in [0.717, 1.165) is 22.2 Å². The Morgan fingerprint density at radius 1 is 1.28 bits per heavy atom. The Morgan fingerprint density at radius 2 is 2.17 bits per heavy atom. The molecule has 0 bridgehead atoms. The van der Waals surface area contributed by atoms with Crippen LogP contribution in [0.3, 0.4) is 0 Å². The molecule has 5 nitrogen and oxygen atoms in total. The Labute approximate surface area is 120 Å². The van der Waals surface area contributed by atoms with Crippen LogP contribution in [0, 0.1) is 0 Å². The minimum atomic E-state index is 0.282. The summed E-state index contributed by atoms with van der Waals surface area (Å²) >= 11 is 2.24. The third-order valence-corrected chi connectivity index (χ3v) is 4.32. The number of fused-ring (bicyclic) bond motifs is 1. The fourth-order valence-electron chi connectivity index (χ4n) is 1.83. The smallest absolute Gasteiger partial charge is 0.220 e. The lowest BCUT2D eigenvalue weighted by atomic mass is 10.1. The van der Waals surface area contributed by atoms with Gasteiger partial charge in [-0.05, 0) is 12.1 Å². The van der Waals surface area contributed by atoms with Crippen molar-refractivity contribution >= 4 is 47.2 Å². The van der Waals surface area contributed by atoms with Gasteiger partial charge in [0, 0.05) is 59.9 Å². The van der Waals surface area contributed by atoms with Gasteiger partial charge in [-0.1, -0.05) is 0 Å². The Hall–Kier alpha value is -1.35. The zero-order chi connectivity index (χ0) is 12.5. The van der Waals surface area contributed by atoms with E-state index in [9.17, 15) is 0 Å². The zero-order valence-electron chi connectivity index (χ0n) is 9.12. The molecule has 2 N–H and O–H groups in total. The average molecular weight is 369 g/mol. The molecule has 0 unspecified atom stereocenters. The molecular weight excluding hydrogens is 361 g/mol. The van der Waals surface area contributed by atoms with Crippen molar-refractivity contribution in [1.82, 2.24) is 18.9 Å². The van der Waals surface area contributed by atoms with Crippen LogP contribution in [0.5, 0.6) is 0 Å². The molecule has 0 aliphatic carbocycles. The molecule has 0 radical (unpaired) electrons. The summed E-state index contributed by atoms with van der Waals surface area (Å²) in [6, 6.07) is 3.83. The summed E-state index contributed by atoms with van der Waals surface area (Å²) in [6.07, 6.45) is 7.32. The first-order valence-corrected chi connectivity index (χ1v) is 8.44. The zero-order valence-corrected chi connectivity index (χ0v) is 12.1. The monoisotopic (exact) mass is 369 g/mol. The van der Waals surface area contributed by atoms with Crippen LogP contribution in [0.4, 0.5) is 5.95 Å². The van der Waals surface area contributed by atoms with Crippen LogP contribution in [0.1, 0.15) is 0 Å². The van der Waals surface area contributed by atoms with Crippen molar-refractivity contribution in [2.75, 3.05) is 5.73 Å². The van der Waals surface area contributed by atoms with Gasteiger partial charge >= 0.3 is 0 Å². The molecule has 0 aromatic carbocycles. The van der Waals surface area contributed by atoms with Crippen LogP contribution in [-0.2, 0) is 0 Å². The lowest BCUT2D eigenvalue weighted by molar-refractivity contribution is 1.19. The SMILES string of the molecule is Nc1nccc(-c2cn(SI)c3cnccc23)n1. The normalized spacial score (nSPS) is 10.9. The third-order valence-electron chi connectivity index (χ3n) is 2.60.